The molecule has 1 aliphatic rings. The highest BCUT2D eigenvalue weighted by Crippen LogP contribution is 2.29. The zero-order valence-corrected chi connectivity index (χ0v) is 16.9. The molecule has 1 saturated heterocycles. The smallest absolute Gasteiger partial charge is 0.238 e. The molecule has 7 heteroatoms. The van der Waals surface area contributed by atoms with Crippen LogP contribution in [-0.4, -0.2) is 34.2 Å². The zero-order chi connectivity index (χ0) is 19.6. The number of amides is 2. The first-order chi connectivity index (χ1) is 12.8. The maximum Gasteiger partial charge on any atom is 0.238 e. The van der Waals surface area contributed by atoms with Crippen LogP contribution in [0, 0.1) is 13.8 Å². The molecule has 0 aromatic heterocycles. The maximum atomic E-state index is 12.7. The molecule has 0 unspecified atom stereocenters. The molecule has 2 amide bonds. The second-order valence-electron chi connectivity index (χ2n) is 6.44. The normalized spacial score (nSPS) is 18.7. The van der Waals surface area contributed by atoms with E-state index < -0.39 is 5.25 Å². The van der Waals surface area contributed by atoms with Gasteiger partial charge in [-0.2, -0.15) is 0 Å². The molecule has 1 aliphatic heterocycles. The predicted octanol–water partition coefficient (Wildman–Crippen LogP) is 4.55. The quantitative estimate of drug-likeness (QED) is 0.820. The molecule has 0 aliphatic carbocycles. The summed E-state index contributed by atoms with van der Waals surface area (Å²) in [5.41, 5.74) is 3.56. The lowest BCUT2D eigenvalue weighted by atomic mass is 10.1. The predicted molar refractivity (Wildman–Crippen MR) is 112 cm³/mol. The molecule has 1 atom stereocenters. The molecule has 3 rings (SSSR count). The van der Waals surface area contributed by atoms with Gasteiger partial charge in [-0.1, -0.05) is 41.1 Å². The van der Waals surface area contributed by atoms with Crippen molar-refractivity contribution in [2.24, 2.45) is 4.99 Å². The van der Waals surface area contributed by atoms with Crippen LogP contribution < -0.4 is 5.32 Å². The Morgan fingerprint density at radius 3 is 2.59 bits per heavy atom. The standard InChI is InChI=1S/C20H20ClN3O2S/c1-12-4-9-16(13(2)10-12)23-19(26)17-11-18(25)24(3)20(27-17)22-15-7-5-14(21)6-8-15/h4-10,17H,11H2,1-3H3,(H,23,26)/t17-/m0/s1. The number of aryl methyl sites for hydroxylation is 2. The second kappa shape index (κ2) is 8.15. The summed E-state index contributed by atoms with van der Waals surface area (Å²) in [6, 6.07) is 12.9. The van der Waals surface area contributed by atoms with Crippen LogP contribution in [-0.2, 0) is 9.59 Å². The first-order valence-electron chi connectivity index (χ1n) is 8.49. The zero-order valence-electron chi connectivity index (χ0n) is 15.3. The van der Waals surface area contributed by atoms with Gasteiger partial charge in [-0.25, -0.2) is 4.99 Å². The van der Waals surface area contributed by atoms with Crippen molar-refractivity contribution in [3.8, 4) is 0 Å². The fourth-order valence-electron chi connectivity index (χ4n) is 2.69. The van der Waals surface area contributed by atoms with Gasteiger partial charge in [0, 0.05) is 24.2 Å². The molecule has 0 bridgehead atoms. The largest absolute Gasteiger partial charge is 0.325 e. The van der Waals surface area contributed by atoms with Gasteiger partial charge in [-0.3, -0.25) is 14.5 Å². The number of halogens is 1. The highest BCUT2D eigenvalue weighted by Gasteiger charge is 2.34. The van der Waals surface area contributed by atoms with Gasteiger partial charge in [-0.15, -0.1) is 0 Å². The van der Waals surface area contributed by atoms with E-state index in [0.29, 0.717) is 15.9 Å². The molecule has 1 fully saturated rings. The van der Waals surface area contributed by atoms with E-state index >= 15 is 0 Å². The maximum absolute atomic E-state index is 12.7. The number of nitrogens with one attached hydrogen (secondary N) is 1. The number of benzene rings is 2. The minimum absolute atomic E-state index is 0.136. The third-order valence-electron chi connectivity index (χ3n) is 4.25. The van der Waals surface area contributed by atoms with Gasteiger partial charge in [0.15, 0.2) is 5.17 Å². The molecular formula is C20H20ClN3O2S. The molecule has 1 heterocycles. The van der Waals surface area contributed by atoms with Crippen LogP contribution in [0.3, 0.4) is 0 Å². The van der Waals surface area contributed by atoms with Crippen molar-refractivity contribution in [1.82, 2.24) is 4.90 Å². The molecule has 27 heavy (non-hydrogen) atoms. The Kier molecular flexibility index (Phi) is 5.87. The average molecular weight is 402 g/mol. The number of carbonyl (C=O) groups is 2. The van der Waals surface area contributed by atoms with Gasteiger partial charge in [0.25, 0.3) is 0 Å². The molecule has 1 N–H and O–H groups in total. The lowest BCUT2D eigenvalue weighted by molar-refractivity contribution is -0.128. The first-order valence-corrected chi connectivity index (χ1v) is 9.75. The number of hydrogen-bond acceptors (Lipinski definition) is 4. The van der Waals surface area contributed by atoms with Crippen molar-refractivity contribution in [2.75, 3.05) is 12.4 Å². The number of aliphatic imine (C=N–C) groups is 1. The minimum atomic E-state index is -0.527. The summed E-state index contributed by atoms with van der Waals surface area (Å²) in [5, 5.41) is 3.51. The van der Waals surface area contributed by atoms with E-state index in [1.54, 1.807) is 31.3 Å². The molecular weight excluding hydrogens is 382 g/mol. The Labute approximate surface area is 167 Å². The summed E-state index contributed by atoms with van der Waals surface area (Å²) in [6.07, 6.45) is 0.136. The van der Waals surface area contributed by atoms with Crippen LogP contribution in [0.1, 0.15) is 17.5 Å². The number of hydrogen-bond donors (Lipinski definition) is 1. The Morgan fingerprint density at radius 2 is 1.93 bits per heavy atom. The van der Waals surface area contributed by atoms with Gasteiger partial charge in [0.1, 0.15) is 5.25 Å². The van der Waals surface area contributed by atoms with E-state index in [0.717, 1.165) is 16.8 Å². The summed E-state index contributed by atoms with van der Waals surface area (Å²) in [4.78, 5) is 31.1. The van der Waals surface area contributed by atoms with Crippen molar-refractivity contribution < 1.29 is 9.59 Å². The van der Waals surface area contributed by atoms with Crippen molar-refractivity contribution in [1.29, 1.82) is 0 Å². The fraction of sp³-hybridized carbons (Fsp3) is 0.250. The van der Waals surface area contributed by atoms with Crippen LogP contribution in [0.25, 0.3) is 0 Å². The number of carbonyl (C=O) groups excluding carboxylic acids is 2. The third kappa shape index (κ3) is 4.70. The van der Waals surface area contributed by atoms with Crippen LogP contribution in [0.15, 0.2) is 47.5 Å². The second-order valence-corrected chi connectivity index (χ2v) is 8.05. The number of anilines is 1. The monoisotopic (exact) mass is 401 g/mol. The lowest BCUT2D eigenvalue weighted by Gasteiger charge is -2.29. The molecule has 2 aromatic rings. The summed E-state index contributed by atoms with van der Waals surface area (Å²) in [6.45, 7) is 3.95. The van der Waals surface area contributed by atoms with Gasteiger partial charge >= 0.3 is 0 Å². The number of rotatable bonds is 3. The average Bonchev–Trinajstić information content (AvgIpc) is 2.63. The summed E-state index contributed by atoms with van der Waals surface area (Å²) >= 11 is 7.19. The number of nitrogens with zero attached hydrogens (tertiary/aromatic N) is 2. The summed E-state index contributed by atoms with van der Waals surface area (Å²) in [5.74, 6) is -0.334. The van der Waals surface area contributed by atoms with E-state index in [1.807, 2.05) is 32.0 Å². The van der Waals surface area contributed by atoms with E-state index in [-0.39, 0.29) is 18.2 Å². The Morgan fingerprint density at radius 1 is 1.22 bits per heavy atom. The number of amidine groups is 1. The molecule has 0 saturated carbocycles. The van der Waals surface area contributed by atoms with Crippen LogP contribution in [0.4, 0.5) is 11.4 Å². The first kappa shape index (κ1) is 19.5. The molecule has 140 valence electrons. The topological polar surface area (TPSA) is 61.8 Å². The fourth-order valence-corrected chi connectivity index (χ4v) is 3.88. The van der Waals surface area contributed by atoms with E-state index in [1.165, 1.54) is 16.7 Å². The van der Waals surface area contributed by atoms with Gasteiger partial charge in [0.2, 0.25) is 11.8 Å². The lowest BCUT2D eigenvalue weighted by Crippen LogP contribution is -2.43. The van der Waals surface area contributed by atoms with Gasteiger partial charge < -0.3 is 5.32 Å². The molecule has 0 radical (unpaired) electrons. The Balaban J connectivity index is 1.78. The Bertz CT molecular complexity index is 912. The Hall–Kier alpha value is -2.31. The van der Waals surface area contributed by atoms with E-state index in [2.05, 4.69) is 10.3 Å². The van der Waals surface area contributed by atoms with E-state index in [9.17, 15) is 9.59 Å². The van der Waals surface area contributed by atoms with Crippen molar-refractivity contribution in [3.05, 3.63) is 58.6 Å². The van der Waals surface area contributed by atoms with Crippen molar-refractivity contribution in [2.45, 2.75) is 25.5 Å². The van der Waals surface area contributed by atoms with E-state index in [4.69, 9.17) is 11.6 Å². The van der Waals surface area contributed by atoms with Gasteiger partial charge in [0.05, 0.1) is 5.69 Å². The van der Waals surface area contributed by atoms with Crippen molar-refractivity contribution >= 4 is 51.7 Å². The summed E-state index contributed by atoms with van der Waals surface area (Å²) in [7, 11) is 1.67. The van der Waals surface area contributed by atoms with Crippen LogP contribution in [0.5, 0.6) is 0 Å². The molecule has 2 aromatic carbocycles. The third-order valence-corrected chi connectivity index (χ3v) is 5.75. The molecule has 5 nitrogen and oxygen atoms in total. The molecule has 0 spiro atoms. The number of thioether (sulfide) groups is 1. The summed E-state index contributed by atoms with van der Waals surface area (Å²) < 4.78 is 0. The van der Waals surface area contributed by atoms with Crippen LogP contribution >= 0.6 is 23.4 Å². The van der Waals surface area contributed by atoms with Gasteiger partial charge in [-0.05, 0) is 49.7 Å². The van der Waals surface area contributed by atoms with Crippen LogP contribution in [0.2, 0.25) is 5.02 Å². The highest BCUT2D eigenvalue weighted by molar-refractivity contribution is 8.15. The highest BCUT2D eigenvalue weighted by atomic mass is 35.5. The minimum Gasteiger partial charge on any atom is -0.325 e. The van der Waals surface area contributed by atoms with Crippen molar-refractivity contribution in [3.63, 3.8) is 0 Å². The SMILES string of the molecule is Cc1ccc(NC(=O)[C@@H]2CC(=O)N(C)C(=Nc3ccc(Cl)cc3)S2)c(C)c1.